The number of aldehydes is 1. The third-order valence-electron chi connectivity index (χ3n) is 1.86. The van der Waals surface area contributed by atoms with Gasteiger partial charge in [0.1, 0.15) is 0 Å². The Kier molecular flexibility index (Phi) is 1.94. The van der Waals surface area contributed by atoms with Crippen molar-refractivity contribution in [2.45, 2.75) is 27.2 Å². The summed E-state index contributed by atoms with van der Waals surface area (Å²) >= 11 is 0. The Labute approximate surface area is 67.0 Å². The summed E-state index contributed by atoms with van der Waals surface area (Å²) in [4.78, 5) is 14.3. The Morgan fingerprint density at radius 1 is 1.55 bits per heavy atom. The second-order valence-corrected chi connectivity index (χ2v) is 3.82. The van der Waals surface area contributed by atoms with Gasteiger partial charge in [0.2, 0.25) is 0 Å². The molecule has 2 heteroatoms. The van der Waals surface area contributed by atoms with Crippen LogP contribution in [0.4, 0.5) is 0 Å². The molecule has 2 nitrogen and oxygen atoms in total. The van der Waals surface area contributed by atoms with E-state index in [1.807, 2.05) is 6.20 Å². The van der Waals surface area contributed by atoms with E-state index in [4.69, 9.17) is 0 Å². The Balaban J connectivity index is 2.67. The summed E-state index contributed by atoms with van der Waals surface area (Å²) in [6, 6.07) is 0. The van der Waals surface area contributed by atoms with Crippen molar-refractivity contribution in [1.82, 2.24) is 0 Å². The number of hydrogen-bond acceptors (Lipinski definition) is 2. The molecule has 0 aromatic rings. The Hall–Kier alpha value is -0.920. The van der Waals surface area contributed by atoms with Gasteiger partial charge in [-0.1, -0.05) is 20.8 Å². The zero-order valence-corrected chi connectivity index (χ0v) is 7.22. The minimum Gasteiger partial charge on any atom is -0.297 e. The monoisotopic (exact) mass is 151 g/mol. The van der Waals surface area contributed by atoms with E-state index in [9.17, 15) is 4.79 Å². The standard InChI is InChI=1S/C9H13NO/c1-9(2,3)7-4-8(6-11)10-5-7/h5-6H,4H2,1-3H3. The van der Waals surface area contributed by atoms with Crippen LogP contribution in [0.2, 0.25) is 0 Å². The summed E-state index contributed by atoms with van der Waals surface area (Å²) in [5, 5.41) is 0. The molecule has 0 N–H and O–H groups in total. The minimum absolute atomic E-state index is 0.147. The van der Waals surface area contributed by atoms with E-state index in [0.717, 1.165) is 12.7 Å². The molecular weight excluding hydrogens is 138 g/mol. The van der Waals surface area contributed by atoms with Crippen molar-refractivity contribution >= 4 is 12.0 Å². The van der Waals surface area contributed by atoms with Gasteiger partial charge in [0.25, 0.3) is 0 Å². The predicted molar refractivity (Wildman–Crippen MR) is 45.7 cm³/mol. The van der Waals surface area contributed by atoms with Crippen molar-refractivity contribution < 1.29 is 4.79 Å². The molecule has 0 aliphatic carbocycles. The van der Waals surface area contributed by atoms with Crippen molar-refractivity contribution in [3.05, 3.63) is 11.8 Å². The molecule has 0 saturated carbocycles. The van der Waals surface area contributed by atoms with Gasteiger partial charge in [0.05, 0.1) is 5.71 Å². The van der Waals surface area contributed by atoms with E-state index in [2.05, 4.69) is 25.8 Å². The third kappa shape index (κ3) is 1.76. The summed E-state index contributed by atoms with van der Waals surface area (Å²) in [5.41, 5.74) is 2.03. The normalized spacial score (nSPS) is 17.7. The molecule has 1 rings (SSSR count). The van der Waals surface area contributed by atoms with Crippen molar-refractivity contribution in [2.75, 3.05) is 0 Å². The average Bonchev–Trinajstić information content (AvgIpc) is 2.32. The van der Waals surface area contributed by atoms with Gasteiger partial charge in [-0.25, -0.2) is 0 Å². The van der Waals surface area contributed by atoms with E-state index in [1.165, 1.54) is 5.57 Å². The number of nitrogens with zero attached hydrogens (tertiary/aromatic N) is 1. The second-order valence-electron chi connectivity index (χ2n) is 3.82. The summed E-state index contributed by atoms with van der Waals surface area (Å²) in [5.74, 6) is 0. The fraction of sp³-hybridized carbons (Fsp3) is 0.556. The van der Waals surface area contributed by atoms with Crippen LogP contribution in [0.15, 0.2) is 16.8 Å². The first-order valence-electron chi connectivity index (χ1n) is 3.75. The van der Waals surface area contributed by atoms with Crippen LogP contribution >= 0.6 is 0 Å². The summed E-state index contributed by atoms with van der Waals surface area (Å²) in [6.45, 7) is 6.38. The molecule has 11 heavy (non-hydrogen) atoms. The first-order chi connectivity index (χ1) is 5.04. The molecule has 0 spiro atoms. The first kappa shape index (κ1) is 8.18. The minimum atomic E-state index is 0.147. The Morgan fingerprint density at radius 3 is 2.45 bits per heavy atom. The smallest absolute Gasteiger partial charge is 0.164 e. The van der Waals surface area contributed by atoms with Gasteiger partial charge in [-0.3, -0.25) is 9.79 Å². The molecular formula is C9H13NO. The maximum absolute atomic E-state index is 10.3. The highest BCUT2D eigenvalue weighted by Gasteiger charge is 2.21. The SMILES string of the molecule is CC(C)(C)C1=CN=C(C=O)C1. The number of carbonyl (C=O) groups is 1. The molecule has 0 aromatic heterocycles. The van der Waals surface area contributed by atoms with Crippen LogP contribution in [0, 0.1) is 5.41 Å². The Bertz CT molecular complexity index is 230. The van der Waals surface area contributed by atoms with Crippen LogP contribution in [0.3, 0.4) is 0 Å². The van der Waals surface area contributed by atoms with E-state index in [1.54, 1.807) is 0 Å². The molecule has 0 unspecified atom stereocenters. The quantitative estimate of drug-likeness (QED) is 0.527. The first-order valence-corrected chi connectivity index (χ1v) is 3.75. The summed E-state index contributed by atoms with van der Waals surface area (Å²) in [7, 11) is 0. The van der Waals surface area contributed by atoms with Crippen molar-refractivity contribution in [3.63, 3.8) is 0 Å². The molecule has 60 valence electrons. The van der Waals surface area contributed by atoms with Crippen molar-refractivity contribution in [2.24, 2.45) is 10.4 Å². The average molecular weight is 151 g/mol. The lowest BCUT2D eigenvalue weighted by molar-refractivity contribution is -0.102. The lowest BCUT2D eigenvalue weighted by Gasteiger charge is -2.19. The van der Waals surface area contributed by atoms with Crippen LogP contribution in [-0.4, -0.2) is 12.0 Å². The fourth-order valence-electron chi connectivity index (χ4n) is 0.978. The number of aliphatic imine (C=N–C) groups is 1. The maximum atomic E-state index is 10.3. The molecule has 0 radical (unpaired) electrons. The van der Waals surface area contributed by atoms with Gasteiger partial charge in [-0.15, -0.1) is 0 Å². The molecule has 0 atom stereocenters. The van der Waals surface area contributed by atoms with Crippen LogP contribution in [0.5, 0.6) is 0 Å². The second kappa shape index (κ2) is 2.61. The molecule has 0 bridgehead atoms. The molecule has 0 aromatic carbocycles. The zero-order valence-electron chi connectivity index (χ0n) is 7.22. The number of hydrogen-bond donors (Lipinski definition) is 0. The van der Waals surface area contributed by atoms with E-state index < -0.39 is 0 Å². The van der Waals surface area contributed by atoms with E-state index in [-0.39, 0.29) is 5.41 Å². The molecule has 0 fully saturated rings. The number of carbonyl (C=O) groups excluding carboxylic acids is 1. The van der Waals surface area contributed by atoms with Crippen LogP contribution in [-0.2, 0) is 4.79 Å². The highest BCUT2D eigenvalue weighted by Crippen LogP contribution is 2.30. The van der Waals surface area contributed by atoms with E-state index >= 15 is 0 Å². The van der Waals surface area contributed by atoms with Crippen molar-refractivity contribution in [1.29, 1.82) is 0 Å². The topological polar surface area (TPSA) is 29.4 Å². The largest absolute Gasteiger partial charge is 0.297 e. The third-order valence-corrected chi connectivity index (χ3v) is 1.86. The van der Waals surface area contributed by atoms with Gasteiger partial charge in [-0.05, 0) is 11.0 Å². The molecule has 1 aliphatic heterocycles. The maximum Gasteiger partial charge on any atom is 0.164 e. The Morgan fingerprint density at radius 2 is 2.18 bits per heavy atom. The van der Waals surface area contributed by atoms with E-state index in [0.29, 0.717) is 5.71 Å². The summed E-state index contributed by atoms with van der Waals surface area (Å²) in [6.07, 6.45) is 3.37. The number of rotatable bonds is 1. The van der Waals surface area contributed by atoms with Gasteiger partial charge in [0, 0.05) is 12.6 Å². The lowest BCUT2D eigenvalue weighted by atomic mass is 9.85. The van der Waals surface area contributed by atoms with Gasteiger partial charge in [0.15, 0.2) is 6.29 Å². The van der Waals surface area contributed by atoms with Crippen LogP contribution in [0.1, 0.15) is 27.2 Å². The highest BCUT2D eigenvalue weighted by molar-refractivity contribution is 6.29. The lowest BCUT2D eigenvalue weighted by Crippen LogP contribution is -2.10. The van der Waals surface area contributed by atoms with Gasteiger partial charge in [-0.2, -0.15) is 0 Å². The van der Waals surface area contributed by atoms with Crippen molar-refractivity contribution in [3.8, 4) is 0 Å². The zero-order chi connectivity index (χ0) is 8.48. The molecule has 1 heterocycles. The molecule has 1 aliphatic rings. The summed E-state index contributed by atoms with van der Waals surface area (Å²) < 4.78 is 0. The van der Waals surface area contributed by atoms with Crippen LogP contribution < -0.4 is 0 Å². The number of allylic oxidation sites excluding steroid dienone is 1. The fourth-order valence-corrected chi connectivity index (χ4v) is 0.978. The predicted octanol–water partition coefficient (Wildman–Crippen LogP) is 1.96. The van der Waals surface area contributed by atoms with Crippen LogP contribution in [0.25, 0.3) is 0 Å². The molecule has 0 amide bonds. The van der Waals surface area contributed by atoms with Gasteiger partial charge < -0.3 is 0 Å². The highest BCUT2D eigenvalue weighted by atomic mass is 16.1. The molecule has 0 saturated heterocycles. The van der Waals surface area contributed by atoms with Gasteiger partial charge >= 0.3 is 0 Å².